The van der Waals surface area contributed by atoms with Crippen molar-refractivity contribution < 1.29 is 17.6 Å². The minimum atomic E-state index is -3.78. The summed E-state index contributed by atoms with van der Waals surface area (Å²) in [5.41, 5.74) is 3.04. The Kier molecular flexibility index (Phi) is 9.07. The van der Waals surface area contributed by atoms with Crippen molar-refractivity contribution in [3.63, 3.8) is 0 Å². The van der Waals surface area contributed by atoms with Crippen LogP contribution < -0.4 is 9.62 Å². The Morgan fingerprint density at radius 1 is 1.14 bits per heavy atom. The van der Waals surface area contributed by atoms with Gasteiger partial charge in [0.1, 0.15) is 0 Å². The second-order valence-corrected chi connectivity index (χ2v) is 18.2. The molecule has 3 aromatic rings. The van der Waals surface area contributed by atoms with E-state index in [9.17, 15) is 13.2 Å². The first-order chi connectivity index (χ1) is 17.2. The molecule has 0 spiro atoms. The molecule has 0 aliphatic heterocycles. The van der Waals surface area contributed by atoms with Gasteiger partial charge in [-0.3, -0.25) is 14.7 Å². The van der Waals surface area contributed by atoms with Crippen LogP contribution in [0.1, 0.15) is 32.0 Å². The van der Waals surface area contributed by atoms with Crippen molar-refractivity contribution in [1.29, 1.82) is 0 Å². The van der Waals surface area contributed by atoms with Gasteiger partial charge in [0, 0.05) is 32.0 Å². The lowest BCUT2D eigenvalue weighted by Crippen LogP contribution is -2.42. The molecule has 0 aliphatic rings. The number of carbonyl (C=O) groups excluding carboxylic acids is 1. The predicted molar refractivity (Wildman–Crippen MR) is 152 cm³/mol. The quantitative estimate of drug-likeness (QED) is 0.276. The van der Waals surface area contributed by atoms with Crippen LogP contribution in [0.15, 0.2) is 52.9 Å². The molecule has 0 saturated heterocycles. The summed E-state index contributed by atoms with van der Waals surface area (Å²) in [5.74, 6) is -0.181. The third-order valence-corrected chi connectivity index (χ3v) is 14.4. The van der Waals surface area contributed by atoms with Crippen LogP contribution in [0.5, 0.6) is 0 Å². The molecular weight excluding hydrogens is 525 g/mol. The topological polar surface area (TPSA) is 101 Å². The number of thiazole rings is 1. The molecule has 1 aromatic carbocycles. The van der Waals surface area contributed by atoms with Gasteiger partial charge < -0.3 is 4.43 Å². The number of anilines is 1. The molecule has 2 aromatic heterocycles. The van der Waals surface area contributed by atoms with Crippen molar-refractivity contribution in [3.8, 4) is 11.3 Å². The molecule has 3 rings (SSSR count). The van der Waals surface area contributed by atoms with E-state index < -0.39 is 18.3 Å². The molecule has 0 atom stereocenters. The van der Waals surface area contributed by atoms with E-state index in [1.54, 1.807) is 20.2 Å². The van der Waals surface area contributed by atoms with E-state index in [0.717, 1.165) is 28.2 Å². The molecule has 0 unspecified atom stereocenters. The molecule has 0 radical (unpaired) electrons. The zero-order chi connectivity index (χ0) is 27.4. The van der Waals surface area contributed by atoms with E-state index in [2.05, 4.69) is 48.6 Å². The molecule has 2 heterocycles. The van der Waals surface area contributed by atoms with Crippen LogP contribution >= 0.6 is 11.3 Å². The minimum Gasteiger partial charge on any atom is -0.415 e. The van der Waals surface area contributed by atoms with E-state index in [4.69, 9.17) is 4.43 Å². The predicted octanol–water partition coefficient (Wildman–Crippen LogP) is 5.02. The minimum absolute atomic E-state index is 0.0489. The van der Waals surface area contributed by atoms with Crippen molar-refractivity contribution in [2.75, 3.05) is 25.1 Å². The summed E-state index contributed by atoms with van der Waals surface area (Å²) in [7, 11) is -4.12. The van der Waals surface area contributed by atoms with Gasteiger partial charge in [-0.1, -0.05) is 62.4 Å². The Bertz CT molecular complexity index is 1320. The number of carbonyl (C=O) groups is 1. The van der Waals surface area contributed by atoms with Crippen LogP contribution in [-0.4, -0.2) is 52.8 Å². The Morgan fingerprint density at radius 2 is 1.81 bits per heavy atom. The van der Waals surface area contributed by atoms with E-state index in [1.807, 2.05) is 42.5 Å². The van der Waals surface area contributed by atoms with Gasteiger partial charge in [0.2, 0.25) is 5.91 Å². The average molecular weight is 561 g/mol. The number of hydrogen-bond acceptors (Lipinski definition) is 7. The number of rotatable bonds is 10. The van der Waals surface area contributed by atoms with Crippen molar-refractivity contribution in [2.45, 2.75) is 56.5 Å². The van der Waals surface area contributed by atoms with Gasteiger partial charge in [-0.05, 0) is 42.8 Å². The lowest BCUT2D eigenvalue weighted by molar-refractivity contribution is -0.117. The maximum Gasteiger partial charge on any atom is 0.252 e. The van der Waals surface area contributed by atoms with Crippen LogP contribution in [0.25, 0.3) is 11.3 Å². The van der Waals surface area contributed by atoms with Crippen LogP contribution in [0.3, 0.4) is 0 Å². The van der Waals surface area contributed by atoms with Crippen LogP contribution in [0.4, 0.5) is 5.13 Å². The third-order valence-electron chi connectivity index (χ3n) is 6.58. The molecule has 8 nitrogen and oxygen atoms in total. The fraction of sp³-hybridized carbons (Fsp3) is 0.423. The first kappa shape index (κ1) is 29.1. The lowest BCUT2D eigenvalue weighted by atomic mass is 10.1. The molecule has 0 saturated carbocycles. The molecule has 11 heteroatoms. The summed E-state index contributed by atoms with van der Waals surface area (Å²) >= 11 is 0.984. The average Bonchev–Trinajstić information content (AvgIpc) is 3.24. The highest BCUT2D eigenvalue weighted by Gasteiger charge is 2.37. The van der Waals surface area contributed by atoms with Crippen LogP contribution in [0.2, 0.25) is 18.1 Å². The maximum absolute atomic E-state index is 12.9. The standard InChI is InChI=1S/C26H36N4O4S2Si/c1-19-24(36(32,33)28-16-17-34-37(6,7)26(2,3)4)35-25(29-19)30(5)23(31)18-20-11-13-21(14-12-20)22-10-8-9-15-27-22/h8-15,28H,16-18H2,1-7H3. The number of benzene rings is 1. The van der Waals surface area contributed by atoms with Gasteiger partial charge in [0.05, 0.1) is 17.8 Å². The number of aromatic nitrogens is 2. The summed E-state index contributed by atoms with van der Waals surface area (Å²) in [6, 6.07) is 13.4. The van der Waals surface area contributed by atoms with Crippen molar-refractivity contribution >= 4 is 40.7 Å². The number of nitrogens with one attached hydrogen (secondary N) is 1. The summed E-state index contributed by atoms with van der Waals surface area (Å²) < 4.78 is 34.6. The first-order valence-electron chi connectivity index (χ1n) is 12.1. The molecule has 200 valence electrons. The molecule has 0 fully saturated rings. The van der Waals surface area contributed by atoms with Crippen LogP contribution in [-0.2, 0) is 25.7 Å². The van der Waals surface area contributed by atoms with Gasteiger partial charge in [-0.15, -0.1) is 0 Å². The van der Waals surface area contributed by atoms with Crippen molar-refractivity contribution in [1.82, 2.24) is 14.7 Å². The molecule has 0 aliphatic carbocycles. The SMILES string of the molecule is Cc1nc(N(C)C(=O)Cc2ccc(-c3ccccn3)cc2)sc1S(=O)(=O)NCCO[Si](C)(C)C(C)(C)C. The highest BCUT2D eigenvalue weighted by molar-refractivity contribution is 7.91. The molecular formula is C26H36N4O4S2Si. The molecule has 0 bridgehead atoms. The fourth-order valence-corrected chi connectivity index (χ4v) is 6.84. The van der Waals surface area contributed by atoms with Gasteiger partial charge in [0.15, 0.2) is 17.7 Å². The second kappa shape index (κ2) is 11.5. The highest BCUT2D eigenvalue weighted by atomic mass is 32.2. The summed E-state index contributed by atoms with van der Waals surface area (Å²) in [6.07, 6.45) is 1.91. The normalized spacial score (nSPS) is 12.5. The van der Waals surface area contributed by atoms with Gasteiger partial charge in [0.25, 0.3) is 10.0 Å². The Morgan fingerprint density at radius 3 is 2.41 bits per heavy atom. The molecule has 37 heavy (non-hydrogen) atoms. The fourth-order valence-electron chi connectivity index (χ4n) is 3.25. The largest absolute Gasteiger partial charge is 0.415 e. The number of pyridine rings is 1. The first-order valence-corrected chi connectivity index (χ1v) is 17.3. The summed E-state index contributed by atoms with van der Waals surface area (Å²) in [4.78, 5) is 23.0. The number of hydrogen-bond donors (Lipinski definition) is 1. The Balaban J connectivity index is 1.61. The smallest absolute Gasteiger partial charge is 0.252 e. The monoisotopic (exact) mass is 560 g/mol. The Labute approximate surface area is 225 Å². The van der Waals surface area contributed by atoms with E-state index >= 15 is 0 Å². The number of sulfonamides is 1. The van der Waals surface area contributed by atoms with E-state index in [1.165, 1.54) is 4.90 Å². The summed E-state index contributed by atoms with van der Waals surface area (Å²) in [5, 5.41) is 0.387. The van der Waals surface area contributed by atoms with Crippen molar-refractivity contribution in [2.24, 2.45) is 0 Å². The van der Waals surface area contributed by atoms with Crippen molar-refractivity contribution in [3.05, 3.63) is 59.9 Å². The Hall–Kier alpha value is -2.44. The number of amides is 1. The zero-order valence-electron chi connectivity index (χ0n) is 22.5. The van der Waals surface area contributed by atoms with Gasteiger partial charge in [-0.2, -0.15) is 0 Å². The lowest BCUT2D eigenvalue weighted by Gasteiger charge is -2.36. The molecule has 1 N–H and O–H groups in total. The van der Waals surface area contributed by atoms with Crippen LogP contribution in [0, 0.1) is 6.92 Å². The van der Waals surface area contributed by atoms with E-state index in [0.29, 0.717) is 17.4 Å². The second-order valence-electron chi connectivity index (χ2n) is 10.4. The zero-order valence-corrected chi connectivity index (χ0v) is 25.2. The highest BCUT2D eigenvalue weighted by Crippen LogP contribution is 2.36. The van der Waals surface area contributed by atoms with Gasteiger partial charge >= 0.3 is 0 Å². The van der Waals surface area contributed by atoms with Gasteiger partial charge in [-0.25, -0.2) is 18.1 Å². The number of likely N-dealkylation sites (N-methyl/N-ethyl adjacent to an activating group) is 1. The number of nitrogens with zero attached hydrogens (tertiary/aromatic N) is 3. The third kappa shape index (κ3) is 7.32. The summed E-state index contributed by atoms with van der Waals surface area (Å²) in [6.45, 7) is 12.8. The maximum atomic E-state index is 12.9. The molecule has 1 amide bonds. The van der Waals surface area contributed by atoms with E-state index in [-0.39, 0.29) is 28.1 Å². The number of aryl methyl sites for hydroxylation is 1.